The first-order chi connectivity index (χ1) is 6.66. The summed E-state index contributed by atoms with van der Waals surface area (Å²) in [5, 5.41) is 0. The lowest BCUT2D eigenvalue weighted by Crippen LogP contribution is -2.55. The number of hydrogen-bond donors (Lipinski definition) is 1. The minimum absolute atomic E-state index is 0.497. The molecule has 14 heavy (non-hydrogen) atoms. The average molecular weight is 196 g/mol. The summed E-state index contributed by atoms with van der Waals surface area (Å²) in [5.41, 5.74) is 5.98. The fraction of sp³-hybridized carbons (Fsp3) is 0.900. The molecule has 2 fully saturated rings. The maximum atomic E-state index is 5.98. The van der Waals surface area contributed by atoms with Crippen molar-refractivity contribution < 1.29 is 0 Å². The number of guanidine groups is 1. The van der Waals surface area contributed by atoms with E-state index in [0.717, 1.165) is 25.6 Å². The molecule has 0 radical (unpaired) electrons. The highest BCUT2D eigenvalue weighted by molar-refractivity contribution is 5.78. The molecule has 1 aliphatic heterocycles. The lowest BCUT2D eigenvalue weighted by molar-refractivity contribution is 0.160. The van der Waals surface area contributed by atoms with Crippen LogP contribution in [-0.4, -0.2) is 54.5 Å². The van der Waals surface area contributed by atoms with Crippen LogP contribution in [0.15, 0.2) is 4.99 Å². The molecule has 0 spiro atoms. The van der Waals surface area contributed by atoms with E-state index >= 15 is 0 Å². The Morgan fingerprint density at radius 2 is 2.07 bits per heavy atom. The Labute approximate surface area is 85.8 Å². The van der Waals surface area contributed by atoms with Crippen molar-refractivity contribution in [2.24, 2.45) is 10.7 Å². The fourth-order valence-electron chi connectivity index (χ4n) is 1.94. The van der Waals surface area contributed by atoms with Gasteiger partial charge in [0.15, 0.2) is 5.96 Å². The Hall–Kier alpha value is -0.770. The molecule has 0 aromatic heterocycles. The quantitative estimate of drug-likeness (QED) is 0.478. The summed E-state index contributed by atoms with van der Waals surface area (Å²) in [4.78, 5) is 9.06. The minimum Gasteiger partial charge on any atom is -0.370 e. The Bertz CT molecular complexity index is 234. The molecule has 2 rings (SSSR count). The number of nitrogens with zero attached hydrogens (tertiary/aromatic N) is 3. The highest BCUT2D eigenvalue weighted by Crippen LogP contribution is 2.23. The van der Waals surface area contributed by atoms with Crippen LogP contribution in [0.25, 0.3) is 0 Å². The molecule has 0 aromatic carbocycles. The van der Waals surface area contributed by atoms with Crippen molar-refractivity contribution >= 4 is 5.96 Å². The van der Waals surface area contributed by atoms with Gasteiger partial charge in [-0.1, -0.05) is 0 Å². The largest absolute Gasteiger partial charge is 0.370 e. The molecule has 1 aliphatic carbocycles. The lowest BCUT2D eigenvalue weighted by Gasteiger charge is -2.38. The summed E-state index contributed by atoms with van der Waals surface area (Å²) in [6, 6.07) is 1.03. The van der Waals surface area contributed by atoms with Gasteiger partial charge in [-0.2, -0.15) is 0 Å². The van der Waals surface area contributed by atoms with Crippen molar-refractivity contribution in [1.82, 2.24) is 9.80 Å². The van der Waals surface area contributed by atoms with Crippen molar-refractivity contribution in [2.75, 3.05) is 26.7 Å². The molecular weight excluding hydrogens is 176 g/mol. The molecule has 1 atom stereocenters. The maximum absolute atomic E-state index is 5.98. The van der Waals surface area contributed by atoms with E-state index in [0.29, 0.717) is 12.1 Å². The second-order valence-electron chi connectivity index (χ2n) is 4.52. The van der Waals surface area contributed by atoms with Gasteiger partial charge in [-0.05, 0) is 26.8 Å². The first kappa shape index (κ1) is 9.77. The van der Waals surface area contributed by atoms with Gasteiger partial charge < -0.3 is 15.5 Å². The number of hydrogen-bond acceptors (Lipinski definition) is 2. The van der Waals surface area contributed by atoms with Crippen LogP contribution in [0.1, 0.15) is 19.8 Å². The van der Waals surface area contributed by atoms with Gasteiger partial charge in [-0.15, -0.1) is 0 Å². The number of likely N-dealkylation sites (N-methyl/N-ethyl adjacent to an activating group) is 1. The summed E-state index contributed by atoms with van der Waals surface area (Å²) in [6.07, 6.45) is 2.45. The Morgan fingerprint density at radius 1 is 1.36 bits per heavy atom. The van der Waals surface area contributed by atoms with Crippen LogP contribution in [0.5, 0.6) is 0 Å². The van der Waals surface area contributed by atoms with Crippen molar-refractivity contribution in [3.05, 3.63) is 0 Å². The Kier molecular flexibility index (Phi) is 2.63. The fourth-order valence-corrected chi connectivity index (χ4v) is 1.94. The number of rotatable bonds is 1. The molecule has 1 heterocycles. The Balaban J connectivity index is 1.95. The van der Waals surface area contributed by atoms with Gasteiger partial charge in [-0.25, -0.2) is 4.99 Å². The molecule has 80 valence electrons. The first-order valence-corrected chi connectivity index (χ1v) is 5.45. The van der Waals surface area contributed by atoms with E-state index < -0.39 is 0 Å². The first-order valence-electron chi connectivity index (χ1n) is 5.45. The van der Waals surface area contributed by atoms with Crippen LogP contribution < -0.4 is 5.73 Å². The zero-order valence-corrected chi connectivity index (χ0v) is 9.11. The van der Waals surface area contributed by atoms with Crippen LogP contribution in [0.4, 0.5) is 0 Å². The topological polar surface area (TPSA) is 44.9 Å². The van der Waals surface area contributed by atoms with Crippen LogP contribution in [-0.2, 0) is 0 Å². The molecule has 0 aromatic rings. The zero-order chi connectivity index (χ0) is 10.1. The number of aliphatic imine (C=N–C) groups is 1. The van der Waals surface area contributed by atoms with Crippen molar-refractivity contribution in [2.45, 2.75) is 31.8 Å². The molecule has 4 nitrogen and oxygen atoms in total. The van der Waals surface area contributed by atoms with Crippen molar-refractivity contribution in [3.63, 3.8) is 0 Å². The predicted molar refractivity (Wildman–Crippen MR) is 58.3 cm³/mol. The number of nitrogens with two attached hydrogens (primary N) is 1. The average Bonchev–Trinajstić information content (AvgIpc) is 2.87. The molecule has 2 aliphatic rings. The normalized spacial score (nSPS) is 30.9. The highest BCUT2D eigenvalue weighted by Gasteiger charge is 2.26. The predicted octanol–water partition coefficient (Wildman–Crippen LogP) is 0.0994. The van der Waals surface area contributed by atoms with E-state index in [2.05, 4.69) is 28.8 Å². The van der Waals surface area contributed by atoms with E-state index in [1.165, 1.54) is 12.8 Å². The third kappa shape index (κ3) is 2.18. The summed E-state index contributed by atoms with van der Waals surface area (Å²) < 4.78 is 0. The second kappa shape index (κ2) is 3.77. The van der Waals surface area contributed by atoms with E-state index in [1.807, 2.05) is 0 Å². The van der Waals surface area contributed by atoms with Gasteiger partial charge in [0.25, 0.3) is 0 Å². The molecule has 1 unspecified atom stereocenters. The SMILES string of the molecule is CC1CN(C)CCN1C(N)=NC1CC1. The van der Waals surface area contributed by atoms with E-state index in [9.17, 15) is 0 Å². The Morgan fingerprint density at radius 3 is 2.64 bits per heavy atom. The van der Waals surface area contributed by atoms with Gasteiger partial charge in [0.2, 0.25) is 0 Å². The molecular formula is C10H20N4. The molecule has 1 saturated heterocycles. The van der Waals surface area contributed by atoms with E-state index in [4.69, 9.17) is 5.73 Å². The summed E-state index contributed by atoms with van der Waals surface area (Å²) in [7, 11) is 2.15. The van der Waals surface area contributed by atoms with Gasteiger partial charge >= 0.3 is 0 Å². The van der Waals surface area contributed by atoms with E-state index in [-0.39, 0.29) is 0 Å². The summed E-state index contributed by atoms with van der Waals surface area (Å²) >= 11 is 0. The van der Waals surface area contributed by atoms with Gasteiger partial charge in [0, 0.05) is 25.7 Å². The summed E-state index contributed by atoms with van der Waals surface area (Å²) in [6.45, 7) is 5.40. The van der Waals surface area contributed by atoms with Gasteiger partial charge in [0.05, 0.1) is 6.04 Å². The highest BCUT2D eigenvalue weighted by atomic mass is 15.3. The third-order valence-electron chi connectivity index (χ3n) is 2.99. The molecule has 0 amide bonds. The van der Waals surface area contributed by atoms with Gasteiger partial charge in [-0.3, -0.25) is 0 Å². The van der Waals surface area contributed by atoms with Crippen LogP contribution in [0.3, 0.4) is 0 Å². The summed E-state index contributed by atoms with van der Waals surface area (Å²) in [5.74, 6) is 0.758. The second-order valence-corrected chi connectivity index (χ2v) is 4.52. The molecule has 1 saturated carbocycles. The van der Waals surface area contributed by atoms with Crippen molar-refractivity contribution in [1.29, 1.82) is 0 Å². The lowest BCUT2D eigenvalue weighted by atomic mass is 10.2. The zero-order valence-electron chi connectivity index (χ0n) is 9.11. The molecule has 2 N–H and O–H groups in total. The minimum atomic E-state index is 0.497. The molecule has 4 heteroatoms. The standard InChI is InChI=1S/C10H20N4/c1-8-7-13(2)5-6-14(8)10(11)12-9-3-4-9/h8-9H,3-7H2,1-2H3,(H2,11,12). The molecule has 0 bridgehead atoms. The van der Waals surface area contributed by atoms with Crippen LogP contribution in [0, 0.1) is 0 Å². The number of piperazine rings is 1. The smallest absolute Gasteiger partial charge is 0.191 e. The van der Waals surface area contributed by atoms with Crippen LogP contribution in [0.2, 0.25) is 0 Å². The van der Waals surface area contributed by atoms with Crippen molar-refractivity contribution in [3.8, 4) is 0 Å². The monoisotopic (exact) mass is 196 g/mol. The third-order valence-corrected chi connectivity index (χ3v) is 2.99. The van der Waals surface area contributed by atoms with Gasteiger partial charge in [0.1, 0.15) is 0 Å². The van der Waals surface area contributed by atoms with Crippen LogP contribution >= 0.6 is 0 Å². The maximum Gasteiger partial charge on any atom is 0.191 e. The van der Waals surface area contributed by atoms with E-state index in [1.54, 1.807) is 0 Å².